The monoisotopic (exact) mass is 686 g/mol. The zero-order valence-electron chi connectivity index (χ0n) is 25.9. The van der Waals surface area contributed by atoms with Crippen molar-refractivity contribution in [3.8, 4) is 0 Å². The Morgan fingerprint density at radius 2 is 1.22 bits per heavy atom. The Bertz CT molecular complexity index is 1540. The molecule has 3 N–H and O–H groups in total. The van der Waals surface area contributed by atoms with E-state index in [2.05, 4.69) is 11.9 Å². The normalized spacial score (nSPS) is 30.0. The minimum absolute atomic E-state index is 0.0547. The van der Waals surface area contributed by atoms with E-state index in [0.717, 1.165) is 22.3 Å². The van der Waals surface area contributed by atoms with Crippen molar-refractivity contribution in [2.75, 3.05) is 41.4 Å². The van der Waals surface area contributed by atoms with Crippen LogP contribution in [-0.2, 0) is 27.2 Å². The molecule has 6 rings (SSSR count). The van der Waals surface area contributed by atoms with Crippen LogP contribution in [0.3, 0.4) is 0 Å². The fraction of sp³-hybridized carbons (Fsp3) is 0.406. The maximum absolute atomic E-state index is 13.5. The number of likely N-dealkylation sites (N-methyl/N-ethyl adjacent to an activating group) is 4. The summed E-state index contributed by atoms with van der Waals surface area (Å²) in [6.07, 6.45) is 4.95. The number of nitrogens with zero attached hydrogens (tertiary/aromatic N) is 3. The number of benzene rings is 2. The van der Waals surface area contributed by atoms with E-state index in [1.54, 1.807) is 33.1 Å². The average molecular weight is 687 g/mol. The molecule has 0 spiro atoms. The Hall–Kier alpha value is -2.55. The highest BCUT2D eigenvalue weighted by molar-refractivity contribution is 8.78. The molecule has 3 amide bonds. The molecule has 45 heavy (non-hydrogen) atoms. The molecular weight excluding hydrogens is 649 g/mol. The molecule has 0 aliphatic carbocycles. The van der Waals surface area contributed by atoms with Gasteiger partial charge in [0.05, 0.1) is 13.2 Å². The summed E-state index contributed by atoms with van der Waals surface area (Å²) in [7, 11) is 12.2. The summed E-state index contributed by atoms with van der Waals surface area (Å²) >= 11 is 0. The maximum atomic E-state index is 13.5. The number of amides is 3. The van der Waals surface area contributed by atoms with Crippen LogP contribution in [0.4, 0.5) is 0 Å². The van der Waals surface area contributed by atoms with Crippen LogP contribution in [0.25, 0.3) is 12.2 Å². The van der Waals surface area contributed by atoms with E-state index in [4.69, 9.17) is 0 Å². The highest BCUT2D eigenvalue weighted by atomic mass is 33.1. The second-order valence-electron chi connectivity index (χ2n) is 11.7. The zero-order valence-corrected chi connectivity index (χ0v) is 29.2. The lowest BCUT2D eigenvalue weighted by atomic mass is 9.96. The zero-order chi connectivity index (χ0) is 32.8. The van der Waals surface area contributed by atoms with Gasteiger partial charge < -0.3 is 30.2 Å². The highest BCUT2D eigenvalue weighted by Crippen LogP contribution is 2.59. The van der Waals surface area contributed by atoms with Crippen LogP contribution in [0.1, 0.15) is 29.2 Å². The largest absolute Gasteiger partial charge is 0.393 e. The Morgan fingerprint density at radius 1 is 0.733 bits per heavy atom. The number of aliphatic hydroxyl groups is 2. The van der Waals surface area contributed by atoms with Crippen LogP contribution in [0.2, 0.25) is 0 Å². The van der Waals surface area contributed by atoms with Gasteiger partial charge in [-0.15, -0.1) is 0 Å². The molecule has 4 fully saturated rings. The second kappa shape index (κ2) is 12.6. The smallest absolute Gasteiger partial charge is 0.263 e. The first-order valence-corrected chi connectivity index (χ1v) is 18.7. The molecule has 2 aromatic carbocycles. The molecule has 240 valence electrons. The van der Waals surface area contributed by atoms with Gasteiger partial charge in [0.2, 0.25) is 10.8 Å². The van der Waals surface area contributed by atoms with Crippen molar-refractivity contribution in [3.05, 3.63) is 83.1 Å². The van der Waals surface area contributed by atoms with E-state index < -0.39 is 26.0 Å². The van der Waals surface area contributed by atoms with Crippen LogP contribution in [0, 0.1) is 0 Å². The molecule has 0 radical (unpaired) electrons. The summed E-state index contributed by atoms with van der Waals surface area (Å²) in [4.78, 5) is 41.2. The van der Waals surface area contributed by atoms with Crippen molar-refractivity contribution in [1.82, 2.24) is 20.0 Å². The lowest BCUT2D eigenvalue weighted by Gasteiger charge is -2.58. The molecule has 0 saturated carbocycles. The standard InChI is InChI=1S/C32H38N4O5S4/c1-21(33-3)31(19-37)34(4)26(39)29(2,42-44-31)17-24-13-9-22(10-14-24)7-8-23-11-15-25(16-12-23)18-30-27(40)36(6)32(20-38,45-43-30)28(41)35(30)5/h7-16,33,37-38H,1,17-20H2,2-6H3/b8-7+/t29-,30-,31-,32-/m0/s1. The molecule has 4 saturated heterocycles. The predicted octanol–water partition coefficient (Wildman–Crippen LogP) is 3.69. The summed E-state index contributed by atoms with van der Waals surface area (Å²) in [5.41, 5.74) is 4.57. The number of hydrogen-bond acceptors (Lipinski definition) is 10. The molecule has 4 aliphatic rings. The molecular formula is C32H38N4O5S4. The van der Waals surface area contributed by atoms with Crippen molar-refractivity contribution < 1.29 is 24.6 Å². The van der Waals surface area contributed by atoms with Gasteiger partial charge >= 0.3 is 0 Å². The quantitative estimate of drug-likeness (QED) is 0.253. The van der Waals surface area contributed by atoms with Gasteiger partial charge in [-0.05, 0) is 46.4 Å². The molecule has 2 bridgehead atoms. The third-order valence-corrected chi connectivity index (χ3v) is 16.5. The van der Waals surface area contributed by atoms with Crippen LogP contribution >= 0.6 is 43.2 Å². The van der Waals surface area contributed by atoms with Crippen molar-refractivity contribution in [3.63, 3.8) is 0 Å². The topological polar surface area (TPSA) is 113 Å². The average Bonchev–Trinajstić information content (AvgIpc) is 3.05. The fourth-order valence-electron chi connectivity index (χ4n) is 5.79. The molecule has 0 unspecified atom stereocenters. The van der Waals surface area contributed by atoms with Gasteiger partial charge in [-0.2, -0.15) is 0 Å². The van der Waals surface area contributed by atoms with Crippen LogP contribution in [0.5, 0.6) is 0 Å². The van der Waals surface area contributed by atoms with Crippen molar-refractivity contribution >= 4 is 73.0 Å². The molecule has 4 atom stereocenters. The number of hydrogen-bond donors (Lipinski definition) is 3. The van der Waals surface area contributed by atoms with E-state index >= 15 is 0 Å². The van der Waals surface area contributed by atoms with Gasteiger partial charge in [-0.1, -0.05) is 99.6 Å². The number of aliphatic hydroxyl groups excluding tert-OH is 2. The first-order chi connectivity index (χ1) is 21.3. The lowest BCUT2D eigenvalue weighted by Crippen LogP contribution is -2.77. The number of carbonyl (C=O) groups is 3. The summed E-state index contributed by atoms with van der Waals surface area (Å²) in [6, 6.07) is 16.1. The number of fused-ring (bicyclic) bond motifs is 3. The van der Waals surface area contributed by atoms with E-state index in [9.17, 15) is 24.6 Å². The molecule has 4 heterocycles. The summed E-state index contributed by atoms with van der Waals surface area (Å²) in [6.45, 7) is 5.30. The van der Waals surface area contributed by atoms with Crippen molar-refractivity contribution in [2.45, 2.75) is 39.1 Å². The molecule has 0 aromatic heterocycles. The van der Waals surface area contributed by atoms with E-state index in [0.29, 0.717) is 18.5 Å². The molecule has 13 heteroatoms. The first-order valence-electron chi connectivity index (χ1n) is 14.4. The third-order valence-electron chi connectivity index (χ3n) is 8.96. The highest BCUT2D eigenvalue weighted by Gasteiger charge is 2.67. The Labute approximate surface area is 280 Å². The van der Waals surface area contributed by atoms with Gasteiger partial charge in [-0.3, -0.25) is 14.4 Å². The Morgan fingerprint density at radius 3 is 1.73 bits per heavy atom. The van der Waals surface area contributed by atoms with Crippen LogP contribution in [0.15, 0.2) is 60.8 Å². The Kier molecular flexibility index (Phi) is 9.44. The Balaban J connectivity index is 1.23. The number of carbonyl (C=O) groups excluding carboxylic acids is 3. The van der Waals surface area contributed by atoms with Gasteiger partial charge in [0.25, 0.3) is 11.8 Å². The minimum Gasteiger partial charge on any atom is -0.393 e. The minimum atomic E-state index is -1.26. The van der Waals surface area contributed by atoms with Crippen molar-refractivity contribution in [2.24, 2.45) is 0 Å². The maximum Gasteiger partial charge on any atom is 0.263 e. The third kappa shape index (κ3) is 5.48. The summed E-state index contributed by atoms with van der Waals surface area (Å²) in [5.74, 6) is -0.495. The van der Waals surface area contributed by atoms with Gasteiger partial charge in [0.15, 0.2) is 9.74 Å². The van der Waals surface area contributed by atoms with E-state index in [1.807, 2.05) is 67.6 Å². The molecule has 2 aromatic rings. The molecule has 9 nitrogen and oxygen atoms in total. The number of rotatable bonds is 10. The van der Waals surface area contributed by atoms with Gasteiger partial charge in [0.1, 0.15) is 4.75 Å². The fourth-order valence-corrected chi connectivity index (χ4v) is 12.8. The number of piperazine rings is 1. The van der Waals surface area contributed by atoms with Crippen LogP contribution < -0.4 is 5.32 Å². The van der Waals surface area contributed by atoms with E-state index in [1.165, 1.54) is 53.0 Å². The van der Waals surface area contributed by atoms with Crippen LogP contribution in [-0.4, -0.2) is 103 Å². The summed E-state index contributed by atoms with van der Waals surface area (Å²) in [5, 5.41) is 23.1. The number of nitrogens with one attached hydrogen (secondary N) is 1. The lowest BCUT2D eigenvalue weighted by molar-refractivity contribution is -0.165. The van der Waals surface area contributed by atoms with E-state index in [-0.39, 0.29) is 24.3 Å². The SMILES string of the molecule is C=C(NC)[C@]1(CO)SS[C@@](C)(Cc2ccc(/C=C/c3ccc(C[C@@]45SS[C@@](CO)(C(=O)N4C)N(C)C5=O)cc3)cc2)C(=O)N1C. The summed E-state index contributed by atoms with van der Waals surface area (Å²) < 4.78 is -0.693. The molecule has 4 aliphatic heterocycles. The predicted molar refractivity (Wildman–Crippen MR) is 187 cm³/mol. The van der Waals surface area contributed by atoms with Gasteiger partial charge in [-0.25, -0.2) is 0 Å². The first kappa shape index (κ1) is 33.8. The van der Waals surface area contributed by atoms with Gasteiger partial charge in [0, 0.05) is 40.3 Å². The second-order valence-corrected chi connectivity index (χ2v) is 17.3. The van der Waals surface area contributed by atoms with Crippen molar-refractivity contribution in [1.29, 1.82) is 0 Å².